The maximum atomic E-state index is 12.5. The number of carbonyl (C=O) groups excluding carboxylic acids is 1. The Kier molecular flexibility index (Phi) is 4.93. The maximum absolute atomic E-state index is 12.5. The van der Waals surface area contributed by atoms with Gasteiger partial charge in [-0.05, 0) is 62.4 Å². The second kappa shape index (κ2) is 6.07. The van der Waals surface area contributed by atoms with Crippen LogP contribution in [0.5, 0.6) is 0 Å². The maximum Gasteiger partial charge on any atom is 0.305 e. The molecule has 0 atom stereocenters. The van der Waals surface area contributed by atoms with Gasteiger partial charge >= 0.3 is 5.97 Å². The number of hydrogen-bond donors (Lipinski definition) is 1. The van der Waals surface area contributed by atoms with Crippen LogP contribution in [0.3, 0.4) is 0 Å². The third kappa shape index (κ3) is 3.00. The molecular weight excluding hydrogens is 254 g/mol. The van der Waals surface area contributed by atoms with Gasteiger partial charge in [-0.15, -0.1) is 0 Å². The Morgan fingerprint density at radius 1 is 0.900 bits per heavy atom. The minimum atomic E-state index is -0.894. The third-order valence-corrected chi connectivity index (χ3v) is 4.22. The van der Waals surface area contributed by atoms with Crippen LogP contribution in [-0.4, -0.2) is 35.5 Å². The van der Waals surface area contributed by atoms with E-state index in [4.69, 9.17) is 5.11 Å². The van der Waals surface area contributed by atoms with E-state index in [9.17, 15) is 9.59 Å². The second-order valence-corrected chi connectivity index (χ2v) is 5.37. The molecule has 0 aromatic heterocycles. The first kappa shape index (κ1) is 16.2. The first-order chi connectivity index (χ1) is 9.18. The molecule has 1 amide bonds. The number of benzene rings is 1. The molecule has 4 nitrogen and oxygen atoms in total. The lowest BCUT2D eigenvalue weighted by Crippen LogP contribution is -2.30. The molecule has 0 unspecified atom stereocenters. The predicted octanol–water partition coefficient (Wildman–Crippen LogP) is 2.78. The van der Waals surface area contributed by atoms with Crippen molar-refractivity contribution in [1.82, 2.24) is 4.90 Å². The van der Waals surface area contributed by atoms with Gasteiger partial charge in [0.15, 0.2) is 0 Å². The number of aliphatic carboxylic acids is 1. The first-order valence-corrected chi connectivity index (χ1v) is 6.72. The van der Waals surface area contributed by atoms with Gasteiger partial charge in [-0.25, -0.2) is 0 Å². The first-order valence-electron chi connectivity index (χ1n) is 6.72. The summed E-state index contributed by atoms with van der Waals surface area (Å²) in [5.41, 5.74) is 6.14. The summed E-state index contributed by atoms with van der Waals surface area (Å²) in [7, 11) is 1.65. The van der Waals surface area contributed by atoms with E-state index in [1.54, 1.807) is 7.05 Å². The highest BCUT2D eigenvalue weighted by Crippen LogP contribution is 2.26. The molecule has 0 saturated heterocycles. The number of carbonyl (C=O) groups is 2. The number of nitrogens with zero attached hydrogens (tertiary/aromatic N) is 1. The van der Waals surface area contributed by atoms with Crippen LogP contribution in [-0.2, 0) is 4.79 Å². The fourth-order valence-corrected chi connectivity index (χ4v) is 2.38. The molecule has 0 aliphatic carbocycles. The Morgan fingerprint density at radius 3 is 1.70 bits per heavy atom. The van der Waals surface area contributed by atoms with Gasteiger partial charge in [0.25, 0.3) is 5.91 Å². The smallest absolute Gasteiger partial charge is 0.305 e. The topological polar surface area (TPSA) is 57.6 Å². The zero-order valence-corrected chi connectivity index (χ0v) is 13.1. The summed E-state index contributed by atoms with van der Waals surface area (Å²) in [4.78, 5) is 24.6. The second-order valence-electron chi connectivity index (χ2n) is 5.37. The van der Waals surface area contributed by atoms with E-state index >= 15 is 0 Å². The minimum absolute atomic E-state index is 0.0375. The number of carboxylic acids is 1. The molecule has 0 saturated carbocycles. The van der Waals surface area contributed by atoms with Crippen molar-refractivity contribution >= 4 is 11.9 Å². The van der Waals surface area contributed by atoms with Crippen molar-refractivity contribution < 1.29 is 14.7 Å². The Balaban J connectivity index is 3.20. The van der Waals surface area contributed by atoms with Crippen LogP contribution >= 0.6 is 0 Å². The highest BCUT2D eigenvalue weighted by Gasteiger charge is 2.21. The molecule has 1 N–H and O–H groups in total. The zero-order valence-electron chi connectivity index (χ0n) is 13.1. The molecule has 0 aliphatic heterocycles. The lowest BCUT2D eigenvalue weighted by atomic mass is 9.89. The summed E-state index contributed by atoms with van der Waals surface area (Å²) in [5, 5.41) is 8.71. The summed E-state index contributed by atoms with van der Waals surface area (Å²) in [6.45, 7) is 10.2. The van der Waals surface area contributed by atoms with Gasteiger partial charge in [0, 0.05) is 19.2 Å². The van der Waals surface area contributed by atoms with E-state index in [1.165, 1.54) is 10.5 Å². The van der Waals surface area contributed by atoms with Crippen LogP contribution < -0.4 is 0 Å². The van der Waals surface area contributed by atoms with Crippen LogP contribution in [0.4, 0.5) is 0 Å². The van der Waals surface area contributed by atoms with Gasteiger partial charge in [0.2, 0.25) is 0 Å². The van der Waals surface area contributed by atoms with Gasteiger partial charge in [0.1, 0.15) is 0 Å². The van der Waals surface area contributed by atoms with Crippen LogP contribution in [0.15, 0.2) is 0 Å². The highest BCUT2D eigenvalue weighted by atomic mass is 16.4. The van der Waals surface area contributed by atoms with Gasteiger partial charge < -0.3 is 10.0 Å². The van der Waals surface area contributed by atoms with E-state index in [-0.39, 0.29) is 18.9 Å². The normalized spacial score (nSPS) is 10.5. The summed E-state index contributed by atoms with van der Waals surface area (Å²) in [6, 6.07) is 0. The molecule has 0 bridgehead atoms. The van der Waals surface area contributed by atoms with Crippen molar-refractivity contribution in [2.45, 2.75) is 41.0 Å². The van der Waals surface area contributed by atoms with Gasteiger partial charge in [0.05, 0.1) is 6.42 Å². The van der Waals surface area contributed by atoms with Crippen molar-refractivity contribution in [1.29, 1.82) is 0 Å². The number of amides is 1. The molecule has 1 aromatic rings. The molecule has 0 aliphatic rings. The molecule has 20 heavy (non-hydrogen) atoms. The van der Waals surface area contributed by atoms with Crippen LogP contribution in [0.25, 0.3) is 0 Å². The van der Waals surface area contributed by atoms with Crippen molar-refractivity contribution in [3.63, 3.8) is 0 Å². The number of rotatable bonds is 4. The molecule has 4 heteroatoms. The fourth-order valence-electron chi connectivity index (χ4n) is 2.38. The lowest BCUT2D eigenvalue weighted by Gasteiger charge is -2.22. The minimum Gasteiger partial charge on any atom is -0.481 e. The molecule has 1 rings (SSSR count). The molecule has 0 spiro atoms. The van der Waals surface area contributed by atoms with Crippen LogP contribution in [0, 0.1) is 34.6 Å². The molecular formula is C16H23NO3. The van der Waals surface area contributed by atoms with E-state index < -0.39 is 5.97 Å². The van der Waals surface area contributed by atoms with E-state index in [0.29, 0.717) is 5.56 Å². The third-order valence-electron chi connectivity index (χ3n) is 4.22. The van der Waals surface area contributed by atoms with Crippen molar-refractivity contribution in [2.24, 2.45) is 0 Å². The molecule has 0 heterocycles. The van der Waals surface area contributed by atoms with Crippen LogP contribution in [0.2, 0.25) is 0 Å². The summed E-state index contributed by atoms with van der Waals surface area (Å²) in [5.74, 6) is -0.998. The Hall–Kier alpha value is -1.84. The van der Waals surface area contributed by atoms with Gasteiger partial charge in [-0.1, -0.05) is 0 Å². The average Bonchev–Trinajstić information content (AvgIpc) is 2.40. The van der Waals surface area contributed by atoms with E-state index in [2.05, 4.69) is 6.92 Å². The number of carboxylic acid groups (broad SMARTS) is 1. The molecule has 1 aromatic carbocycles. The fraction of sp³-hybridized carbons (Fsp3) is 0.500. The molecule has 0 radical (unpaired) electrons. The highest BCUT2D eigenvalue weighted by molar-refractivity contribution is 5.98. The summed E-state index contributed by atoms with van der Waals surface area (Å²) < 4.78 is 0. The lowest BCUT2D eigenvalue weighted by molar-refractivity contribution is -0.137. The van der Waals surface area contributed by atoms with Crippen LogP contribution in [0.1, 0.15) is 44.6 Å². The average molecular weight is 277 g/mol. The summed E-state index contributed by atoms with van der Waals surface area (Å²) >= 11 is 0. The Labute approximate surface area is 120 Å². The van der Waals surface area contributed by atoms with E-state index in [1.807, 2.05) is 27.7 Å². The monoisotopic (exact) mass is 277 g/mol. The molecule has 0 fully saturated rings. The van der Waals surface area contributed by atoms with E-state index in [0.717, 1.165) is 22.3 Å². The van der Waals surface area contributed by atoms with Crippen molar-refractivity contribution in [2.75, 3.05) is 13.6 Å². The standard InChI is InChI=1S/C16H23NO3/c1-9-10(2)12(4)15(13(5)11(9)3)16(20)17(6)8-7-14(18)19/h7-8H2,1-6H3,(H,18,19). The van der Waals surface area contributed by atoms with Gasteiger partial charge in [-0.2, -0.15) is 0 Å². The summed E-state index contributed by atoms with van der Waals surface area (Å²) in [6.07, 6.45) is -0.0375. The van der Waals surface area contributed by atoms with Crippen molar-refractivity contribution in [3.05, 3.63) is 33.4 Å². The Bertz CT molecular complexity index is 532. The number of hydrogen-bond acceptors (Lipinski definition) is 2. The molecule has 110 valence electrons. The van der Waals surface area contributed by atoms with Crippen molar-refractivity contribution in [3.8, 4) is 0 Å². The Morgan fingerprint density at radius 2 is 1.30 bits per heavy atom. The quantitative estimate of drug-likeness (QED) is 0.920. The predicted molar refractivity (Wildman–Crippen MR) is 79.3 cm³/mol. The van der Waals surface area contributed by atoms with Gasteiger partial charge in [-0.3, -0.25) is 9.59 Å². The largest absolute Gasteiger partial charge is 0.481 e. The zero-order chi connectivity index (χ0) is 15.6. The SMILES string of the molecule is Cc1c(C)c(C)c(C(=O)N(C)CCC(=O)O)c(C)c1C.